The Labute approximate surface area is 114 Å². The first-order valence-corrected chi connectivity index (χ1v) is 6.77. The van der Waals surface area contributed by atoms with Gasteiger partial charge in [0, 0.05) is 18.0 Å². The van der Waals surface area contributed by atoms with Crippen LogP contribution in [0.1, 0.15) is 58.0 Å². The third-order valence-electron chi connectivity index (χ3n) is 3.47. The van der Waals surface area contributed by atoms with Gasteiger partial charge in [-0.1, -0.05) is 13.8 Å². The van der Waals surface area contributed by atoms with Gasteiger partial charge in [-0.15, -0.1) is 0 Å². The number of nitro groups is 1. The largest absolute Gasteiger partial charge is 0.314 e. The molecule has 19 heavy (non-hydrogen) atoms. The van der Waals surface area contributed by atoms with Gasteiger partial charge in [0.15, 0.2) is 0 Å². The van der Waals surface area contributed by atoms with E-state index >= 15 is 0 Å². The average molecular weight is 268 g/mol. The zero-order chi connectivity index (χ0) is 14.7. The monoisotopic (exact) mass is 268 g/mol. The fourth-order valence-corrected chi connectivity index (χ4v) is 2.34. The predicted molar refractivity (Wildman–Crippen MR) is 75.6 cm³/mol. The molecule has 0 aliphatic rings. The summed E-state index contributed by atoms with van der Waals surface area (Å²) in [6.07, 6.45) is 0. The Balaban J connectivity index is 3.33. The van der Waals surface area contributed by atoms with Crippen molar-refractivity contribution in [2.45, 2.75) is 59.5 Å². The molecule has 1 N–H and O–H groups in total. The van der Waals surface area contributed by atoms with Crippen molar-refractivity contribution in [2.75, 3.05) is 6.54 Å². The molecule has 1 aromatic rings. The van der Waals surface area contributed by atoms with E-state index in [9.17, 15) is 10.1 Å². The molecule has 1 heterocycles. The van der Waals surface area contributed by atoms with Crippen LogP contribution in [-0.2, 0) is 0 Å². The molecule has 1 rings (SSSR count). The first-order chi connectivity index (χ1) is 8.81. The third kappa shape index (κ3) is 3.12. The molecule has 2 unspecified atom stereocenters. The van der Waals surface area contributed by atoms with Crippen molar-refractivity contribution >= 4 is 5.69 Å². The molecular weight excluding hydrogens is 244 g/mol. The van der Waals surface area contributed by atoms with Gasteiger partial charge in [-0.25, -0.2) is 0 Å². The van der Waals surface area contributed by atoms with E-state index in [1.807, 2.05) is 34.6 Å². The molecule has 0 amide bonds. The van der Waals surface area contributed by atoms with Crippen molar-refractivity contribution in [3.05, 3.63) is 21.5 Å². The topological polar surface area (TPSA) is 73.0 Å². The van der Waals surface area contributed by atoms with Crippen molar-refractivity contribution in [3.63, 3.8) is 0 Å². The van der Waals surface area contributed by atoms with Crippen LogP contribution in [0.2, 0.25) is 0 Å². The molecule has 2 atom stereocenters. The van der Waals surface area contributed by atoms with E-state index in [1.165, 1.54) is 0 Å². The molecule has 0 radical (unpaired) electrons. The second kappa shape index (κ2) is 6.14. The second-order valence-corrected chi connectivity index (χ2v) is 5.25. The highest BCUT2D eigenvalue weighted by Gasteiger charge is 2.32. The summed E-state index contributed by atoms with van der Waals surface area (Å²) in [7, 11) is 0. The summed E-state index contributed by atoms with van der Waals surface area (Å²) in [5, 5.41) is 19.0. The fourth-order valence-electron chi connectivity index (χ4n) is 2.34. The number of rotatable bonds is 6. The van der Waals surface area contributed by atoms with E-state index in [2.05, 4.69) is 10.4 Å². The first kappa shape index (κ1) is 15.6. The van der Waals surface area contributed by atoms with Crippen LogP contribution in [0.25, 0.3) is 0 Å². The molecule has 6 heteroatoms. The van der Waals surface area contributed by atoms with E-state index < -0.39 is 0 Å². The van der Waals surface area contributed by atoms with Gasteiger partial charge in [-0.2, -0.15) is 5.10 Å². The molecule has 108 valence electrons. The van der Waals surface area contributed by atoms with Gasteiger partial charge in [0.1, 0.15) is 11.4 Å². The minimum Gasteiger partial charge on any atom is -0.314 e. The summed E-state index contributed by atoms with van der Waals surface area (Å²) in [4.78, 5) is 11.0. The van der Waals surface area contributed by atoms with Crippen molar-refractivity contribution in [2.24, 2.45) is 0 Å². The smallest absolute Gasteiger partial charge is 0.313 e. The number of hydrogen-bond donors (Lipinski definition) is 1. The Morgan fingerprint density at radius 3 is 2.37 bits per heavy atom. The van der Waals surface area contributed by atoms with Gasteiger partial charge < -0.3 is 5.32 Å². The fraction of sp³-hybridized carbons (Fsp3) is 0.769. The van der Waals surface area contributed by atoms with Gasteiger partial charge in [0.25, 0.3) is 0 Å². The average Bonchev–Trinajstić information content (AvgIpc) is 2.66. The van der Waals surface area contributed by atoms with E-state index in [0.29, 0.717) is 11.4 Å². The molecule has 0 bridgehead atoms. The molecule has 6 nitrogen and oxygen atoms in total. The van der Waals surface area contributed by atoms with Gasteiger partial charge >= 0.3 is 5.69 Å². The highest BCUT2D eigenvalue weighted by atomic mass is 16.6. The molecule has 0 aliphatic heterocycles. The summed E-state index contributed by atoms with van der Waals surface area (Å²) < 4.78 is 1.78. The van der Waals surface area contributed by atoms with E-state index in [4.69, 9.17) is 0 Å². The maximum atomic E-state index is 11.3. The highest BCUT2D eigenvalue weighted by Crippen LogP contribution is 2.33. The van der Waals surface area contributed by atoms with Crippen LogP contribution in [0.5, 0.6) is 0 Å². The molecule has 0 aromatic carbocycles. The quantitative estimate of drug-likeness (QED) is 0.636. The Hall–Kier alpha value is -1.43. The molecular formula is C13H24N4O2. The van der Waals surface area contributed by atoms with E-state index in [1.54, 1.807) is 11.6 Å². The van der Waals surface area contributed by atoms with Crippen LogP contribution in [0.3, 0.4) is 0 Å². The van der Waals surface area contributed by atoms with Crippen LogP contribution < -0.4 is 5.32 Å². The SMILES string of the molecule is CCNC(C)C(C)c1c([N+](=O)[O-])c(C)nn1C(C)C. The molecule has 0 saturated heterocycles. The lowest BCUT2D eigenvalue weighted by molar-refractivity contribution is -0.386. The zero-order valence-electron chi connectivity index (χ0n) is 12.6. The van der Waals surface area contributed by atoms with Crippen molar-refractivity contribution in [1.29, 1.82) is 0 Å². The maximum absolute atomic E-state index is 11.3. The van der Waals surface area contributed by atoms with Crippen molar-refractivity contribution in [3.8, 4) is 0 Å². The lowest BCUT2D eigenvalue weighted by atomic mass is 9.97. The molecule has 0 spiro atoms. The van der Waals surface area contributed by atoms with Crippen LogP contribution in [0, 0.1) is 17.0 Å². The van der Waals surface area contributed by atoms with Gasteiger partial charge in [-0.3, -0.25) is 14.8 Å². The second-order valence-electron chi connectivity index (χ2n) is 5.25. The number of nitrogens with zero attached hydrogens (tertiary/aromatic N) is 3. The van der Waals surface area contributed by atoms with E-state index in [0.717, 1.165) is 6.54 Å². The van der Waals surface area contributed by atoms with Crippen molar-refractivity contribution < 1.29 is 4.92 Å². The number of aryl methyl sites for hydroxylation is 1. The molecule has 1 aromatic heterocycles. The van der Waals surface area contributed by atoms with Crippen LogP contribution >= 0.6 is 0 Å². The number of likely N-dealkylation sites (N-methyl/N-ethyl adjacent to an activating group) is 1. The maximum Gasteiger partial charge on any atom is 0.313 e. The summed E-state index contributed by atoms with van der Waals surface area (Å²) in [5.41, 5.74) is 1.36. The lowest BCUT2D eigenvalue weighted by Crippen LogP contribution is -2.32. The summed E-state index contributed by atoms with van der Waals surface area (Å²) in [6.45, 7) is 12.6. The Morgan fingerprint density at radius 1 is 1.37 bits per heavy atom. The Kier molecular flexibility index (Phi) is 5.05. The summed E-state index contributed by atoms with van der Waals surface area (Å²) in [5.74, 6) is 0.0314. The van der Waals surface area contributed by atoms with Crippen molar-refractivity contribution in [1.82, 2.24) is 15.1 Å². The standard InChI is InChI=1S/C13H24N4O2/c1-7-14-10(5)9(4)12-13(17(18)19)11(6)15-16(12)8(2)3/h8-10,14H,7H2,1-6H3. The third-order valence-corrected chi connectivity index (χ3v) is 3.47. The van der Waals surface area contributed by atoms with Gasteiger partial charge in [0.05, 0.1) is 4.92 Å². The minimum absolute atomic E-state index is 0.0314. The van der Waals surface area contributed by atoms with E-state index in [-0.39, 0.29) is 28.6 Å². The summed E-state index contributed by atoms with van der Waals surface area (Å²) >= 11 is 0. The molecule has 0 saturated carbocycles. The number of aromatic nitrogens is 2. The lowest BCUT2D eigenvalue weighted by Gasteiger charge is -2.22. The van der Waals surface area contributed by atoms with Crippen LogP contribution in [0.15, 0.2) is 0 Å². The highest BCUT2D eigenvalue weighted by molar-refractivity contribution is 5.43. The molecule has 0 aliphatic carbocycles. The minimum atomic E-state index is -0.314. The number of hydrogen-bond acceptors (Lipinski definition) is 4. The normalized spacial score (nSPS) is 14.7. The van der Waals surface area contributed by atoms with Crippen LogP contribution in [-0.4, -0.2) is 27.3 Å². The van der Waals surface area contributed by atoms with Crippen LogP contribution in [0.4, 0.5) is 5.69 Å². The Bertz CT molecular complexity index is 454. The molecule has 0 fully saturated rings. The van der Waals surface area contributed by atoms with Gasteiger partial charge in [0.2, 0.25) is 0 Å². The van der Waals surface area contributed by atoms with Gasteiger partial charge in [-0.05, 0) is 34.2 Å². The predicted octanol–water partition coefficient (Wildman–Crippen LogP) is 2.78. The zero-order valence-corrected chi connectivity index (χ0v) is 12.6. The number of nitrogens with one attached hydrogen (secondary N) is 1. The Morgan fingerprint density at radius 2 is 1.95 bits per heavy atom. The first-order valence-electron chi connectivity index (χ1n) is 6.77. The summed E-state index contributed by atoms with van der Waals surface area (Å²) in [6, 6.07) is 0.274.